The molecule has 1 aliphatic heterocycles. The third kappa shape index (κ3) is 5.40. The highest BCUT2D eigenvalue weighted by Crippen LogP contribution is 2.38. The molecular weight excluding hydrogens is 520 g/mol. The van der Waals surface area contributed by atoms with Gasteiger partial charge in [0.1, 0.15) is 12.4 Å². The van der Waals surface area contributed by atoms with Crippen LogP contribution >= 0.6 is 11.6 Å². The number of rotatable bonds is 7. The number of carbonyl (C=O) groups is 1. The summed E-state index contributed by atoms with van der Waals surface area (Å²) in [5.74, 6) is 0.647. The van der Waals surface area contributed by atoms with Crippen molar-refractivity contribution in [1.29, 1.82) is 0 Å². The first-order valence-corrected chi connectivity index (χ1v) is 13.5. The van der Waals surface area contributed by atoms with E-state index in [1.807, 2.05) is 120 Å². The van der Waals surface area contributed by atoms with E-state index >= 15 is 0 Å². The predicted molar refractivity (Wildman–Crippen MR) is 158 cm³/mol. The van der Waals surface area contributed by atoms with Crippen LogP contribution in [-0.4, -0.2) is 26.4 Å². The fourth-order valence-corrected chi connectivity index (χ4v) is 5.00. The molecule has 0 N–H and O–H groups in total. The van der Waals surface area contributed by atoms with Gasteiger partial charge in [0, 0.05) is 35.7 Å². The Morgan fingerprint density at radius 1 is 0.875 bits per heavy atom. The minimum absolute atomic E-state index is 0.128. The van der Waals surface area contributed by atoms with Gasteiger partial charge in [0.05, 0.1) is 23.1 Å². The summed E-state index contributed by atoms with van der Waals surface area (Å²) in [4.78, 5) is 12.8. The van der Waals surface area contributed by atoms with Gasteiger partial charge in [-0.3, -0.25) is 4.79 Å². The number of para-hydroxylation sites is 1. The van der Waals surface area contributed by atoms with Gasteiger partial charge in [-0.2, -0.15) is 10.2 Å². The van der Waals surface area contributed by atoms with E-state index in [9.17, 15) is 4.79 Å². The zero-order valence-corrected chi connectivity index (χ0v) is 22.7. The minimum atomic E-state index is -0.301. The SMILES string of the molecule is CC(=O)N1N=C(c2ccc(Cl)cc2)CC1c1cn(-c2ccccc2)nc1-c1ccc(OCc2ccccc2)cc1. The van der Waals surface area contributed by atoms with Crippen molar-refractivity contribution in [3.63, 3.8) is 0 Å². The first-order valence-electron chi connectivity index (χ1n) is 13.1. The van der Waals surface area contributed by atoms with Crippen molar-refractivity contribution in [1.82, 2.24) is 14.8 Å². The molecule has 7 heteroatoms. The van der Waals surface area contributed by atoms with Crippen LogP contribution in [0.2, 0.25) is 5.02 Å². The van der Waals surface area contributed by atoms with Gasteiger partial charge in [-0.25, -0.2) is 9.69 Å². The van der Waals surface area contributed by atoms with Crippen LogP contribution in [0.4, 0.5) is 0 Å². The molecule has 198 valence electrons. The first kappa shape index (κ1) is 25.6. The number of ether oxygens (including phenoxy) is 1. The summed E-state index contributed by atoms with van der Waals surface area (Å²) in [5.41, 5.74) is 6.46. The number of aromatic nitrogens is 2. The summed E-state index contributed by atoms with van der Waals surface area (Å²) in [5, 5.41) is 11.9. The maximum atomic E-state index is 12.8. The summed E-state index contributed by atoms with van der Waals surface area (Å²) in [6, 6.07) is 35.2. The number of hydrogen-bond acceptors (Lipinski definition) is 4. The normalized spacial score (nSPS) is 14.7. The van der Waals surface area contributed by atoms with E-state index in [-0.39, 0.29) is 11.9 Å². The maximum absolute atomic E-state index is 12.8. The lowest BCUT2D eigenvalue weighted by atomic mass is 9.96. The number of carbonyl (C=O) groups excluding carboxylic acids is 1. The summed E-state index contributed by atoms with van der Waals surface area (Å²) in [6.07, 6.45) is 2.57. The molecule has 1 atom stereocenters. The molecular formula is C33H27ClN4O2. The third-order valence-electron chi connectivity index (χ3n) is 6.91. The highest BCUT2D eigenvalue weighted by molar-refractivity contribution is 6.30. The van der Waals surface area contributed by atoms with Crippen LogP contribution in [0.15, 0.2) is 120 Å². The second-order valence-electron chi connectivity index (χ2n) is 9.65. The van der Waals surface area contributed by atoms with E-state index in [4.69, 9.17) is 26.5 Å². The van der Waals surface area contributed by atoms with Crippen molar-refractivity contribution in [2.45, 2.75) is 26.0 Å². The lowest BCUT2D eigenvalue weighted by Crippen LogP contribution is -2.24. The summed E-state index contributed by atoms with van der Waals surface area (Å²) in [7, 11) is 0. The summed E-state index contributed by atoms with van der Waals surface area (Å²) >= 11 is 6.11. The standard InChI is InChI=1S/C33H27ClN4O2/c1-23(39)38-32(20-31(35-38)25-12-16-27(34)17-13-25)30-21-37(28-10-6-3-7-11-28)36-33(30)26-14-18-29(19-15-26)40-22-24-8-4-2-5-9-24/h2-19,21,32H,20,22H2,1H3. The van der Waals surface area contributed by atoms with Gasteiger partial charge < -0.3 is 4.74 Å². The number of hydrogen-bond donors (Lipinski definition) is 0. The topological polar surface area (TPSA) is 59.7 Å². The molecule has 0 fully saturated rings. The number of hydrazone groups is 1. The zero-order valence-electron chi connectivity index (χ0n) is 21.9. The minimum Gasteiger partial charge on any atom is -0.489 e. The second-order valence-corrected chi connectivity index (χ2v) is 10.1. The Kier molecular flexibility index (Phi) is 7.17. The third-order valence-corrected chi connectivity index (χ3v) is 7.16. The predicted octanol–water partition coefficient (Wildman–Crippen LogP) is 7.47. The number of halogens is 1. The summed E-state index contributed by atoms with van der Waals surface area (Å²) < 4.78 is 7.87. The first-order chi connectivity index (χ1) is 19.5. The second kappa shape index (κ2) is 11.2. The highest BCUT2D eigenvalue weighted by Gasteiger charge is 2.34. The fourth-order valence-electron chi connectivity index (χ4n) is 4.88. The molecule has 1 aliphatic rings. The van der Waals surface area contributed by atoms with Crippen LogP contribution in [-0.2, 0) is 11.4 Å². The monoisotopic (exact) mass is 546 g/mol. The van der Waals surface area contributed by atoms with E-state index in [1.165, 1.54) is 0 Å². The van der Waals surface area contributed by atoms with Gasteiger partial charge >= 0.3 is 0 Å². The number of amides is 1. The van der Waals surface area contributed by atoms with Gasteiger partial charge in [0.15, 0.2) is 0 Å². The zero-order chi connectivity index (χ0) is 27.5. The lowest BCUT2D eigenvalue weighted by molar-refractivity contribution is -0.130. The molecule has 0 saturated carbocycles. The van der Waals surface area contributed by atoms with Gasteiger partial charge in [-0.05, 0) is 59.7 Å². The van der Waals surface area contributed by atoms with Gasteiger partial charge in [0.25, 0.3) is 0 Å². The molecule has 0 spiro atoms. The molecule has 2 heterocycles. The maximum Gasteiger partial charge on any atom is 0.240 e. The van der Waals surface area contributed by atoms with Crippen LogP contribution in [0, 0.1) is 0 Å². The van der Waals surface area contributed by atoms with Gasteiger partial charge in [-0.1, -0.05) is 72.3 Å². The molecule has 0 bridgehead atoms. The van der Waals surface area contributed by atoms with E-state index in [1.54, 1.807) is 11.9 Å². The molecule has 1 aromatic heterocycles. The average molecular weight is 547 g/mol. The van der Waals surface area contributed by atoms with Crippen LogP contribution in [0.1, 0.15) is 36.1 Å². The van der Waals surface area contributed by atoms with E-state index in [2.05, 4.69) is 0 Å². The Morgan fingerprint density at radius 2 is 1.52 bits per heavy atom. The lowest BCUT2D eigenvalue weighted by Gasteiger charge is -2.20. The Hall–Kier alpha value is -4.68. The molecule has 1 unspecified atom stereocenters. The molecule has 0 saturated heterocycles. The van der Waals surface area contributed by atoms with Gasteiger partial charge in [-0.15, -0.1) is 0 Å². The largest absolute Gasteiger partial charge is 0.489 e. The molecule has 0 radical (unpaired) electrons. The molecule has 6 rings (SSSR count). The van der Waals surface area contributed by atoms with E-state index in [0.29, 0.717) is 18.1 Å². The van der Waals surface area contributed by atoms with Gasteiger partial charge in [0.2, 0.25) is 5.91 Å². The van der Waals surface area contributed by atoms with Crippen molar-refractivity contribution in [3.05, 3.63) is 137 Å². The molecule has 6 nitrogen and oxygen atoms in total. The highest BCUT2D eigenvalue weighted by atomic mass is 35.5. The van der Waals surface area contributed by atoms with Crippen LogP contribution < -0.4 is 4.74 Å². The van der Waals surface area contributed by atoms with E-state index in [0.717, 1.165) is 45.1 Å². The molecule has 1 amide bonds. The van der Waals surface area contributed by atoms with Crippen molar-refractivity contribution in [2.75, 3.05) is 0 Å². The smallest absolute Gasteiger partial charge is 0.240 e. The van der Waals surface area contributed by atoms with Crippen molar-refractivity contribution < 1.29 is 9.53 Å². The number of benzene rings is 4. The number of nitrogens with zero attached hydrogens (tertiary/aromatic N) is 4. The van der Waals surface area contributed by atoms with Crippen molar-refractivity contribution >= 4 is 23.2 Å². The molecule has 4 aromatic carbocycles. The Bertz CT molecular complexity index is 1650. The Morgan fingerprint density at radius 3 is 2.20 bits per heavy atom. The Labute approximate surface area is 238 Å². The van der Waals surface area contributed by atoms with Crippen LogP contribution in [0.25, 0.3) is 16.9 Å². The van der Waals surface area contributed by atoms with Crippen LogP contribution in [0.5, 0.6) is 5.75 Å². The summed E-state index contributed by atoms with van der Waals surface area (Å²) in [6.45, 7) is 2.04. The fraction of sp³-hybridized carbons (Fsp3) is 0.121. The quantitative estimate of drug-likeness (QED) is 0.213. The molecule has 5 aromatic rings. The van der Waals surface area contributed by atoms with Crippen molar-refractivity contribution in [3.8, 4) is 22.7 Å². The van der Waals surface area contributed by atoms with Crippen molar-refractivity contribution in [2.24, 2.45) is 5.10 Å². The molecule has 40 heavy (non-hydrogen) atoms. The average Bonchev–Trinajstić information content (AvgIpc) is 3.63. The Balaban J connectivity index is 1.34. The molecule has 0 aliphatic carbocycles. The van der Waals surface area contributed by atoms with Crippen LogP contribution in [0.3, 0.4) is 0 Å². The van der Waals surface area contributed by atoms with E-state index < -0.39 is 0 Å².